The van der Waals surface area contributed by atoms with E-state index in [1.807, 2.05) is 18.2 Å². The predicted molar refractivity (Wildman–Crippen MR) is 77.7 cm³/mol. The van der Waals surface area contributed by atoms with E-state index in [4.69, 9.17) is 4.74 Å². The summed E-state index contributed by atoms with van der Waals surface area (Å²) < 4.78 is 6.26. The molecule has 0 spiro atoms. The summed E-state index contributed by atoms with van der Waals surface area (Å²) in [4.78, 5) is 0. The van der Waals surface area contributed by atoms with Crippen LogP contribution in [0.3, 0.4) is 0 Å². The molecule has 0 atom stereocenters. The molecule has 0 fully saturated rings. The molecule has 0 radical (unpaired) electrons. The van der Waals surface area contributed by atoms with Crippen molar-refractivity contribution in [3.05, 3.63) is 64.1 Å². The van der Waals surface area contributed by atoms with E-state index in [1.165, 1.54) is 11.1 Å². The van der Waals surface area contributed by atoms with Gasteiger partial charge in [-0.2, -0.15) is 0 Å². The molecule has 0 heterocycles. The molecule has 0 bridgehead atoms. The summed E-state index contributed by atoms with van der Waals surface area (Å²) in [5.74, 6) is 0.869. The Labute approximate surface area is 116 Å². The van der Waals surface area contributed by atoms with Crippen molar-refractivity contribution in [1.82, 2.24) is 5.32 Å². The van der Waals surface area contributed by atoms with Gasteiger partial charge in [0.15, 0.2) is 0 Å². The van der Waals surface area contributed by atoms with Crippen molar-refractivity contribution in [2.45, 2.75) is 13.1 Å². The Hall–Kier alpha value is -1.32. The number of methoxy groups -OCH3 is 1. The second-order valence-corrected chi connectivity index (χ2v) is 4.91. The van der Waals surface area contributed by atoms with E-state index in [0.717, 1.165) is 23.3 Å². The molecule has 2 aromatic carbocycles. The minimum absolute atomic E-state index is 0.832. The Kier molecular flexibility index (Phi) is 4.79. The van der Waals surface area contributed by atoms with Crippen LogP contribution >= 0.6 is 15.9 Å². The van der Waals surface area contributed by atoms with Gasteiger partial charge in [0, 0.05) is 13.1 Å². The van der Waals surface area contributed by atoms with Crippen molar-refractivity contribution in [3.8, 4) is 5.75 Å². The highest BCUT2D eigenvalue weighted by atomic mass is 79.9. The van der Waals surface area contributed by atoms with Gasteiger partial charge in [-0.25, -0.2) is 0 Å². The van der Waals surface area contributed by atoms with E-state index in [1.54, 1.807) is 7.11 Å². The fourth-order valence-corrected chi connectivity index (χ4v) is 2.17. The molecule has 0 aromatic heterocycles. The van der Waals surface area contributed by atoms with Crippen molar-refractivity contribution < 1.29 is 4.74 Å². The third kappa shape index (κ3) is 3.59. The first-order valence-electron chi connectivity index (χ1n) is 5.86. The van der Waals surface area contributed by atoms with Crippen LogP contribution in [0.15, 0.2) is 53.0 Å². The first-order chi connectivity index (χ1) is 8.79. The van der Waals surface area contributed by atoms with Crippen molar-refractivity contribution in [1.29, 1.82) is 0 Å². The number of nitrogens with one attached hydrogen (secondary N) is 1. The summed E-state index contributed by atoms with van der Waals surface area (Å²) in [5, 5.41) is 3.42. The Bertz CT molecular complexity index is 499. The van der Waals surface area contributed by atoms with Crippen LogP contribution in [-0.2, 0) is 13.1 Å². The first-order valence-corrected chi connectivity index (χ1v) is 6.66. The Morgan fingerprint density at radius 3 is 2.44 bits per heavy atom. The summed E-state index contributed by atoms with van der Waals surface area (Å²) in [6, 6.07) is 16.5. The lowest BCUT2D eigenvalue weighted by Gasteiger charge is -2.08. The average Bonchev–Trinajstić information content (AvgIpc) is 2.42. The maximum atomic E-state index is 5.28. The smallest absolute Gasteiger partial charge is 0.133 e. The maximum absolute atomic E-state index is 5.28. The largest absolute Gasteiger partial charge is 0.496 e. The van der Waals surface area contributed by atoms with Gasteiger partial charge in [0.05, 0.1) is 11.6 Å². The van der Waals surface area contributed by atoms with Crippen LogP contribution in [0.5, 0.6) is 5.75 Å². The standard InChI is InChI=1S/C15H16BrNO/c1-18-15-9-13(7-8-14(15)16)11-17-10-12-5-3-2-4-6-12/h2-9,17H,10-11H2,1H3. The minimum atomic E-state index is 0.832. The van der Waals surface area contributed by atoms with E-state index in [-0.39, 0.29) is 0 Å². The molecule has 3 heteroatoms. The summed E-state index contributed by atoms with van der Waals surface area (Å²) >= 11 is 3.45. The number of benzene rings is 2. The summed E-state index contributed by atoms with van der Waals surface area (Å²) in [6.45, 7) is 1.71. The molecular weight excluding hydrogens is 290 g/mol. The van der Waals surface area contributed by atoms with Crippen LogP contribution in [0.25, 0.3) is 0 Å². The number of hydrogen-bond acceptors (Lipinski definition) is 2. The predicted octanol–water partition coefficient (Wildman–Crippen LogP) is 3.75. The Morgan fingerprint density at radius 1 is 1.00 bits per heavy atom. The van der Waals surface area contributed by atoms with E-state index >= 15 is 0 Å². The normalized spacial score (nSPS) is 10.3. The monoisotopic (exact) mass is 305 g/mol. The van der Waals surface area contributed by atoms with Gasteiger partial charge in [-0.15, -0.1) is 0 Å². The average molecular weight is 306 g/mol. The van der Waals surface area contributed by atoms with Gasteiger partial charge in [0.1, 0.15) is 5.75 Å². The Morgan fingerprint density at radius 2 is 1.72 bits per heavy atom. The van der Waals surface area contributed by atoms with Gasteiger partial charge in [-0.05, 0) is 39.2 Å². The van der Waals surface area contributed by atoms with Crippen molar-refractivity contribution in [3.63, 3.8) is 0 Å². The van der Waals surface area contributed by atoms with E-state index in [9.17, 15) is 0 Å². The summed E-state index contributed by atoms with van der Waals surface area (Å²) in [6.07, 6.45) is 0. The molecule has 0 amide bonds. The van der Waals surface area contributed by atoms with Crippen molar-refractivity contribution in [2.24, 2.45) is 0 Å². The zero-order valence-corrected chi connectivity index (χ0v) is 11.9. The molecule has 0 aliphatic heterocycles. The topological polar surface area (TPSA) is 21.3 Å². The van der Waals surface area contributed by atoms with Crippen LogP contribution < -0.4 is 10.1 Å². The molecule has 94 valence electrons. The molecule has 2 aromatic rings. The van der Waals surface area contributed by atoms with Gasteiger partial charge >= 0.3 is 0 Å². The minimum Gasteiger partial charge on any atom is -0.496 e. The van der Waals surface area contributed by atoms with Crippen molar-refractivity contribution >= 4 is 15.9 Å². The lowest BCUT2D eigenvalue weighted by molar-refractivity contribution is 0.411. The first kappa shape index (κ1) is 13.1. The third-order valence-corrected chi connectivity index (χ3v) is 3.37. The highest BCUT2D eigenvalue weighted by Crippen LogP contribution is 2.25. The van der Waals surface area contributed by atoms with Crippen LogP contribution in [0.2, 0.25) is 0 Å². The number of ether oxygens (including phenoxy) is 1. The van der Waals surface area contributed by atoms with Gasteiger partial charge in [-0.3, -0.25) is 0 Å². The number of rotatable bonds is 5. The fourth-order valence-electron chi connectivity index (χ4n) is 1.76. The van der Waals surface area contributed by atoms with E-state index in [0.29, 0.717) is 0 Å². The van der Waals surface area contributed by atoms with Crippen LogP contribution in [0.4, 0.5) is 0 Å². The third-order valence-electron chi connectivity index (χ3n) is 2.72. The van der Waals surface area contributed by atoms with E-state index < -0.39 is 0 Å². The molecule has 0 aliphatic rings. The van der Waals surface area contributed by atoms with Crippen LogP contribution in [-0.4, -0.2) is 7.11 Å². The van der Waals surface area contributed by atoms with Gasteiger partial charge in [-0.1, -0.05) is 36.4 Å². The van der Waals surface area contributed by atoms with Gasteiger partial charge < -0.3 is 10.1 Å². The lowest BCUT2D eigenvalue weighted by Crippen LogP contribution is -2.12. The molecule has 2 rings (SSSR count). The molecule has 1 N–H and O–H groups in total. The summed E-state index contributed by atoms with van der Waals surface area (Å²) in [5.41, 5.74) is 2.51. The van der Waals surface area contributed by atoms with Crippen LogP contribution in [0.1, 0.15) is 11.1 Å². The molecule has 0 saturated heterocycles. The Balaban J connectivity index is 1.91. The second-order valence-electron chi connectivity index (χ2n) is 4.06. The molecule has 0 saturated carbocycles. The zero-order valence-electron chi connectivity index (χ0n) is 10.3. The van der Waals surface area contributed by atoms with Crippen molar-refractivity contribution in [2.75, 3.05) is 7.11 Å². The van der Waals surface area contributed by atoms with Crippen LogP contribution in [0, 0.1) is 0 Å². The number of halogens is 1. The van der Waals surface area contributed by atoms with Gasteiger partial charge in [0.2, 0.25) is 0 Å². The van der Waals surface area contributed by atoms with Gasteiger partial charge in [0.25, 0.3) is 0 Å². The molecule has 0 aliphatic carbocycles. The molecule has 0 unspecified atom stereocenters. The second kappa shape index (κ2) is 6.57. The van der Waals surface area contributed by atoms with E-state index in [2.05, 4.69) is 51.6 Å². The zero-order chi connectivity index (χ0) is 12.8. The lowest BCUT2D eigenvalue weighted by atomic mass is 10.2. The molecular formula is C15H16BrNO. The SMILES string of the molecule is COc1cc(CNCc2ccccc2)ccc1Br. The highest BCUT2D eigenvalue weighted by Gasteiger charge is 2.01. The molecule has 18 heavy (non-hydrogen) atoms. The molecule has 2 nitrogen and oxygen atoms in total. The summed E-state index contributed by atoms with van der Waals surface area (Å²) in [7, 11) is 1.68. The number of hydrogen-bond donors (Lipinski definition) is 1. The maximum Gasteiger partial charge on any atom is 0.133 e. The highest BCUT2D eigenvalue weighted by molar-refractivity contribution is 9.10. The fraction of sp³-hybridized carbons (Fsp3) is 0.200. The quantitative estimate of drug-likeness (QED) is 0.908.